The van der Waals surface area contributed by atoms with Crippen molar-refractivity contribution < 1.29 is 0 Å². The first-order valence-corrected chi connectivity index (χ1v) is 7.60. The van der Waals surface area contributed by atoms with E-state index in [0.29, 0.717) is 6.54 Å². The molecule has 0 amide bonds. The van der Waals surface area contributed by atoms with Crippen molar-refractivity contribution >= 4 is 27.2 Å². The van der Waals surface area contributed by atoms with E-state index in [1.54, 1.807) is 6.07 Å². The number of aryl methyl sites for hydroxylation is 1. The van der Waals surface area contributed by atoms with Crippen LogP contribution in [0.2, 0.25) is 0 Å². The molecule has 0 saturated heterocycles. The van der Waals surface area contributed by atoms with Gasteiger partial charge in [-0.25, -0.2) is 4.98 Å². The van der Waals surface area contributed by atoms with E-state index in [-0.39, 0.29) is 5.43 Å². The summed E-state index contributed by atoms with van der Waals surface area (Å²) in [5.74, 6) is 0. The summed E-state index contributed by atoms with van der Waals surface area (Å²) in [6, 6.07) is 9.69. The first-order valence-electron chi connectivity index (χ1n) is 6.72. The Bertz CT molecular complexity index is 1010. The van der Waals surface area contributed by atoms with Crippen molar-refractivity contribution in [1.29, 1.82) is 0 Å². The number of nitrogens with zero attached hydrogens (tertiary/aromatic N) is 3. The summed E-state index contributed by atoms with van der Waals surface area (Å²) >= 11 is 1.49. The molecular weight excluding hydrogens is 282 g/mol. The van der Waals surface area contributed by atoms with E-state index < -0.39 is 0 Å². The summed E-state index contributed by atoms with van der Waals surface area (Å²) in [4.78, 5) is 16.5. The van der Waals surface area contributed by atoms with Crippen LogP contribution in [0.3, 0.4) is 0 Å². The van der Waals surface area contributed by atoms with Crippen molar-refractivity contribution in [1.82, 2.24) is 14.0 Å². The van der Waals surface area contributed by atoms with Crippen molar-refractivity contribution in [2.75, 3.05) is 0 Å². The second-order valence-corrected chi connectivity index (χ2v) is 5.99. The third-order valence-electron chi connectivity index (χ3n) is 3.66. The maximum absolute atomic E-state index is 11.8. The number of hydrogen-bond acceptors (Lipinski definition) is 3. The van der Waals surface area contributed by atoms with E-state index in [0.717, 1.165) is 27.3 Å². The van der Waals surface area contributed by atoms with Crippen molar-refractivity contribution in [3.8, 4) is 0 Å². The molecule has 5 heteroatoms. The molecule has 0 aromatic carbocycles. The predicted octanol–water partition coefficient (Wildman–Crippen LogP) is 3.07. The van der Waals surface area contributed by atoms with Gasteiger partial charge in [-0.2, -0.15) is 0 Å². The monoisotopic (exact) mass is 295 g/mol. The minimum Gasteiger partial charge on any atom is -0.340 e. The fourth-order valence-electron chi connectivity index (χ4n) is 2.61. The fraction of sp³-hybridized carbons (Fsp3) is 0.125. The van der Waals surface area contributed by atoms with Crippen molar-refractivity contribution in [3.05, 3.63) is 69.7 Å². The van der Waals surface area contributed by atoms with Crippen LogP contribution in [-0.2, 0) is 6.54 Å². The summed E-state index contributed by atoms with van der Waals surface area (Å²) < 4.78 is 4.96. The Morgan fingerprint density at radius 3 is 3.00 bits per heavy atom. The van der Waals surface area contributed by atoms with Crippen LogP contribution < -0.4 is 5.43 Å². The topological polar surface area (TPSA) is 39.3 Å². The third kappa shape index (κ3) is 1.97. The highest BCUT2D eigenvalue weighted by Crippen LogP contribution is 2.18. The Hall–Kier alpha value is -2.40. The molecule has 0 N–H and O–H groups in total. The third-order valence-corrected chi connectivity index (χ3v) is 4.58. The van der Waals surface area contributed by atoms with Crippen LogP contribution in [0.15, 0.2) is 52.9 Å². The van der Waals surface area contributed by atoms with Gasteiger partial charge in [-0.05, 0) is 30.5 Å². The summed E-state index contributed by atoms with van der Waals surface area (Å²) in [5.41, 5.74) is 4.16. The van der Waals surface area contributed by atoms with Gasteiger partial charge in [0, 0.05) is 24.2 Å². The molecule has 4 aromatic heterocycles. The van der Waals surface area contributed by atoms with Crippen LogP contribution in [0.25, 0.3) is 15.9 Å². The lowest BCUT2D eigenvalue weighted by atomic mass is 10.3. The molecule has 0 aliphatic carbocycles. The number of rotatable bonds is 2. The van der Waals surface area contributed by atoms with E-state index in [1.807, 2.05) is 29.8 Å². The molecule has 104 valence electrons. The highest BCUT2D eigenvalue weighted by atomic mass is 32.1. The highest BCUT2D eigenvalue weighted by molar-refractivity contribution is 7.17. The van der Waals surface area contributed by atoms with Gasteiger partial charge in [-0.15, -0.1) is 11.3 Å². The maximum atomic E-state index is 11.8. The quantitative estimate of drug-likeness (QED) is 0.570. The maximum Gasteiger partial charge on any atom is 0.199 e. The van der Waals surface area contributed by atoms with Crippen LogP contribution in [-0.4, -0.2) is 14.0 Å². The number of fused-ring (bicyclic) bond motifs is 2. The van der Waals surface area contributed by atoms with Gasteiger partial charge in [-0.1, -0.05) is 6.07 Å². The Labute approximate surface area is 124 Å². The van der Waals surface area contributed by atoms with Gasteiger partial charge in [0.15, 0.2) is 5.43 Å². The molecule has 21 heavy (non-hydrogen) atoms. The molecule has 0 spiro atoms. The first kappa shape index (κ1) is 12.3. The largest absolute Gasteiger partial charge is 0.340 e. The van der Waals surface area contributed by atoms with Crippen LogP contribution >= 0.6 is 11.3 Å². The second-order valence-electron chi connectivity index (χ2n) is 5.07. The highest BCUT2D eigenvalue weighted by Gasteiger charge is 2.07. The lowest BCUT2D eigenvalue weighted by molar-refractivity contribution is 0.806. The van der Waals surface area contributed by atoms with Gasteiger partial charge < -0.3 is 8.97 Å². The first-order chi connectivity index (χ1) is 10.2. The van der Waals surface area contributed by atoms with Crippen LogP contribution in [0, 0.1) is 6.92 Å². The molecule has 4 aromatic rings. The van der Waals surface area contributed by atoms with Crippen LogP contribution in [0.5, 0.6) is 0 Å². The van der Waals surface area contributed by atoms with E-state index in [9.17, 15) is 4.79 Å². The summed E-state index contributed by atoms with van der Waals surface area (Å²) in [5, 5.41) is 1.95. The average Bonchev–Trinajstić information content (AvgIpc) is 3.09. The van der Waals surface area contributed by atoms with Gasteiger partial charge in [0.05, 0.1) is 22.5 Å². The van der Waals surface area contributed by atoms with E-state index >= 15 is 0 Å². The molecule has 4 nitrogen and oxygen atoms in total. The molecule has 0 unspecified atom stereocenters. The summed E-state index contributed by atoms with van der Waals surface area (Å²) in [6.45, 7) is 2.73. The Kier molecular flexibility index (Phi) is 2.68. The molecule has 0 fully saturated rings. The lowest BCUT2D eigenvalue weighted by Crippen LogP contribution is -2.06. The van der Waals surface area contributed by atoms with Crippen molar-refractivity contribution in [2.24, 2.45) is 0 Å². The predicted molar refractivity (Wildman–Crippen MR) is 85.1 cm³/mol. The van der Waals surface area contributed by atoms with Gasteiger partial charge in [0.25, 0.3) is 0 Å². The zero-order chi connectivity index (χ0) is 14.4. The molecule has 0 aliphatic rings. The van der Waals surface area contributed by atoms with E-state index in [2.05, 4.69) is 33.1 Å². The zero-order valence-electron chi connectivity index (χ0n) is 11.5. The normalized spacial score (nSPS) is 11.5. The van der Waals surface area contributed by atoms with Gasteiger partial charge in [0.2, 0.25) is 0 Å². The van der Waals surface area contributed by atoms with Gasteiger partial charge >= 0.3 is 0 Å². The van der Waals surface area contributed by atoms with Crippen molar-refractivity contribution in [2.45, 2.75) is 13.5 Å². The Morgan fingerprint density at radius 1 is 1.24 bits per heavy atom. The van der Waals surface area contributed by atoms with Crippen molar-refractivity contribution in [3.63, 3.8) is 0 Å². The second kappa shape index (κ2) is 4.56. The van der Waals surface area contributed by atoms with Gasteiger partial charge in [0.1, 0.15) is 5.65 Å². The molecule has 0 atom stereocenters. The van der Waals surface area contributed by atoms with Gasteiger partial charge in [-0.3, -0.25) is 4.79 Å². The molecule has 0 aliphatic heterocycles. The number of pyridine rings is 2. The molecule has 4 heterocycles. The number of thiophene rings is 1. The number of hydrogen-bond donors (Lipinski definition) is 0. The molecule has 4 rings (SSSR count). The van der Waals surface area contributed by atoms with E-state index in [4.69, 9.17) is 0 Å². The molecular formula is C16H13N3OS. The fourth-order valence-corrected chi connectivity index (χ4v) is 3.44. The number of aromatic nitrogens is 3. The van der Waals surface area contributed by atoms with E-state index in [1.165, 1.54) is 11.3 Å². The summed E-state index contributed by atoms with van der Waals surface area (Å²) in [7, 11) is 0. The van der Waals surface area contributed by atoms with Crippen LogP contribution in [0.1, 0.15) is 11.4 Å². The number of imidazole rings is 1. The average molecular weight is 295 g/mol. The SMILES string of the molecule is Cc1cccc2nc(Cn3ccc(=O)c4sccc43)cn12. The minimum absolute atomic E-state index is 0.0853. The lowest BCUT2D eigenvalue weighted by Gasteiger charge is -2.05. The standard InChI is InChI=1S/C16H13N3OS/c1-11-3-2-4-15-17-12(10-19(11)15)9-18-7-5-14(20)16-13(18)6-8-21-16/h2-8,10H,9H2,1H3. The smallest absolute Gasteiger partial charge is 0.199 e. The minimum atomic E-state index is 0.0853. The summed E-state index contributed by atoms with van der Waals surface area (Å²) in [6.07, 6.45) is 3.90. The Balaban J connectivity index is 1.83. The zero-order valence-corrected chi connectivity index (χ0v) is 12.3. The molecule has 0 bridgehead atoms. The molecule has 0 radical (unpaired) electrons. The Morgan fingerprint density at radius 2 is 2.14 bits per heavy atom. The molecule has 0 saturated carbocycles. The van der Waals surface area contributed by atoms with Crippen LogP contribution in [0.4, 0.5) is 0 Å².